The van der Waals surface area contributed by atoms with Crippen molar-refractivity contribution < 1.29 is 39.1 Å². The molecule has 7 rings (SSSR count). The molecule has 2 bridgehead atoms. The number of hydrogen-bond donors (Lipinski definition) is 6. The summed E-state index contributed by atoms with van der Waals surface area (Å²) in [5.41, 5.74) is 0.633. The maximum Gasteiger partial charge on any atom is 0.207 e. The van der Waals surface area contributed by atoms with E-state index in [9.17, 15) is 20.1 Å². The molecule has 2 aromatic rings. The van der Waals surface area contributed by atoms with E-state index in [2.05, 4.69) is 45.9 Å². The van der Waals surface area contributed by atoms with E-state index in [1.165, 1.54) is 7.11 Å². The Labute approximate surface area is 393 Å². The molecular formula is C54H76N4O8. The fraction of sp³-hybridized carbons (Fsp3) is 0.648. The number of ketones is 1. The highest BCUT2D eigenvalue weighted by atomic mass is 16.6. The van der Waals surface area contributed by atoms with Gasteiger partial charge >= 0.3 is 0 Å². The zero-order valence-corrected chi connectivity index (χ0v) is 40.0. The fourth-order valence-corrected chi connectivity index (χ4v) is 12.6. The Kier molecular flexibility index (Phi) is 16.8. The molecule has 6 N–H and O–H groups in total. The van der Waals surface area contributed by atoms with Crippen molar-refractivity contribution in [1.29, 1.82) is 0 Å². The lowest BCUT2D eigenvalue weighted by molar-refractivity contribution is -0.143. The first-order valence-corrected chi connectivity index (χ1v) is 25.0. The molecule has 4 fully saturated rings. The molecule has 0 radical (unpaired) electrons. The third kappa shape index (κ3) is 11.2. The molecule has 0 aromatic heterocycles. The summed E-state index contributed by atoms with van der Waals surface area (Å²) < 4.78 is 18.7. The number of aliphatic hydroxyl groups excluding tert-OH is 1. The Morgan fingerprint density at radius 1 is 1.02 bits per heavy atom. The number of guanidine groups is 1. The van der Waals surface area contributed by atoms with E-state index < -0.39 is 22.7 Å². The summed E-state index contributed by atoms with van der Waals surface area (Å²) in [7, 11) is 5.13. The molecule has 1 aliphatic heterocycles. The van der Waals surface area contributed by atoms with Crippen molar-refractivity contribution in [2.75, 3.05) is 33.1 Å². The van der Waals surface area contributed by atoms with Crippen LogP contribution in [0.1, 0.15) is 146 Å². The number of likely N-dealkylation sites (N-methyl/N-ethyl adjacent to an activating group) is 1. The molecule has 360 valence electrons. The van der Waals surface area contributed by atoms with Gasteiger partial charge in [-0.3, -0.25) is 15.1 Å². The van der Waals surface area contributed by atoms with E-state index in [0.29, 0.717) is 61.8 Å². The van der Waals surface area contributed by atoms with Crippen molar-refractivity contribution in [2.45, 2.75) is 165 Å². The predicted octanol–water partition coefficient (Wildman–Crippen LogP) is 9.24. The van der Waals surface area contributed by atoms with Crippen molar-refractivity contribution in [3.8, 4) is 35.0 Å². The SMILES string of the molecule is CCC(CC=O)CCC1C=CC(=O)C2(Cc3ccc(O)c(OC)c3)CCCC2CC#CNC(=NC)Nc2cc(cc(OC3(CNC)CCC(CC(O)OC4CCCC4)C3)c2O)C12CCCC2. The van der Waals surface area contributed by atoms with E-state index in [4.69, 9.17) is 14.2 Å². The van der Waals surface area contributed by atoms with Crippen molar-refractivity contribution in [1.82, 2.24) is 10.6 Å². The highest BCUT2D eigenvalue weighted by Crippen LogP contribution is 2.54. The van der Waals surface area contributed by atoms with E-state index in [1.807, 2.05) is 37.4 Å². The molecule has 12 nitrogen and oxygen atoms in total. The zero-order valence-electron chi connectivity index (χ0n) is 40.0. The smallest absolute Gasteiger partial charge is 0.207 e. The van der Waals surface area contributed by atoms with Crippen molar-refractivity contribution in [3.63, 3.8) is 0 Å². The lowest BCUT2D eigenvalue weighted by Gasteiger charge is -2.39. The number of phenols is 2. The molecule has 66 heavy (non-hydrogen) atoms. The summed E-state index contributed by atoms with van der Waals surface area (Å²) in [4.78, 5) is 31.6. The van der Waals surface area contributed by atoms with E-state index in [1.54, 1.807) is 13.1 Å². The number of nitrogens with zero attached hydrogens (tertiary/aromatic N) is 1. The summed E-state index contributed by atoms with van der Waals surface area (Å²) in [5.74, 6) is 4.93. The molecule has 7 atom stereocenters. The quantitative estimate of drug-likeness (QED) is 0.0387. The number of methoxy groups -OCH3 is 1. The first-order valence-electron chi connectivity index (χ1n) is 25.0. The minimum absolute atomic E-state index is 0.0118. The highest BCUT2D eigenvalue weighted by Gasteiger charge is 2.49. The summed E-state index contributed by atoms with van der Waals surface area (Å²) in [6.45, 7) is 2.70. The minimum Gasteiger partial charge on any atom is -0.504 e. The fourth-order valence-electron chi connectivity index (χ4n) is 12.6. The van der Waals surface area contributed by atoms with Gasteiger partial charge in [-0.2, -0.15) is 0 Å². The van der Waals surface area contributed by atoms with Gasteiger partial charge in [0.25, 0.3) is 0 Å². The molecule has 12 heteroatoms. The van der Waals surface area contributed by atoms with Crippen LogP contribution in [-0.2, 0) is 26.2 Å². The van der Waals surface area contributed by atoms with Crippen LogP contribution in [-0.4, -0.2) is 79.1 Å². The Morgan fingerprint density at radius 3 is 2.55 bits per heavy atom. The first kappa shape index (κ1) is 49.3. The van der Waals surface area contributed by atoms with Crippen LogP contribution in [0.3, 0.4) is 0 Å². The number of anilines is 1. The standard InChI is InChI=1S/C54H76N4O8/c1-5-37(23-29-59)16-18-41-19-21-48(61)54(35-38-17-20-45(60)46(30-38)64-4)26-10-12-40(54)13-11-28-57-51(56-3)58-44-32-42(53(41)24-8-9-25-53)33-47(50(44)63)66-52(36-55-2)27-22-39(34-52)31-49(62)65-43-14-6-7-15-43/h17,19-21,29-30,32-33,37,39-41,43,49,55,60,62-63H,5-10,12-16,18,22-27,31,34-36H2,1-4H3,(H2,56,57,58). The Balaban J connectivity index is 1.30. The molecule has 2 aromatic carbocycles. The minimum atomic E-state index is -0.817. The number of rotatable bonds is 17. The Hall–Kier alpha value is -4.57. The summed E-state index contributed by atoms with van der Waals surface area (Å²) in [5, 5.41) is 43.7. The van der Waals surface area contributed by atoms with Gasteiger partial charge in [-0.15, -0.1) is 0 Å². The predicted molar refractivity (Wildman–Crippen MR) is 259 cm³/mol. The molecule has 7 unspecified atom stereocenters. The molecule has 5 aliphatic rings. The molecule has 1 heterocycles. The maximum atomic E-state index is 15.2. The monoisotopic (exact) mass is 909 g/mol. The van der Waals surface area contributed by atoms with Crippen molar-refractivity contribution in [3.05, 3.63) is 53.6 Å². The number of benzene rings is 2. The van der Waals surface area contributed by atoms with Crippen molar-refractivity contribution >= 4 is 23.7 Å². The van der Waals surface area contributed by atoms with Crippen LogP contribution in [0.25, 0.3) is 0 Å². The second-order valence-corrected chi connectivity index (χ2v) is 20.2. The normalized spacial score (nSPS) is 28.0. The van der Waals surface area contributed by atoms with Crippen LogP contribution < -0.4 is 25.4 Å². The van der Waals surface area contributed by atoms with Gasteiger partial charge in [-0.1, -0.05) is 63.5 Å². The van der Waals surface area contributed by atoms with E-state index >= 15 is 4.79 Å². The third-order valence-electron chi connectivity index (χ3n) is 16.2. The Bertz CT molecular complexity index is 2100. The molecule has 0 amide bonds. The van der Waals surface area contributed by atoms with Crippen LogP contribution in [0.2, 0.25) is 0 Å². The molecule has 4 saturated carbocycles. The van der Waals surface area contributed by atoms with Gasteiger partial charge in [0, 0.05) is 49.7 Å². The lowest BCUT2D eigenvalue weighted by Crippen LogP contribution is -2.43. The number of carbonyl (C=O) groups is 2. The first-order chi connectivity index (χ1) is 32.0. The largest absolute Gasteiger partial charge is 0.504 e. The average molecular weight is 909 g/mol. The van der Waals surface area contributed by atoms with E-state index in [-0.39, 0.29) is 47.1 Å². The van der Waals surface area contributed by atoms with Crippen LogP contribution in [0.15, 0.2) is 47.5 Å². The number of hydrogen-bond acceptors (Lipinski definition) is 10. The number of aliphatic hydroxyl groups is 1. The number of aldehydes is 1. The van der Waals surface area contributed by atoms with Crippen molar-refractivity contribution in [2.24, 2.45) is 34.1 Å². The number of phenolic OH excluding ortho intramolecular Hbond substituents is 2. The van der Waals surface area contributed by atoms with Crippen LogP contribution >= 0.6 is 0 Å². The Morgan fingerprint density at radius 2 is 1.82 bits per heavy atom. The van der Waals surface area contributed by atoms with Gasteiger partial charge in [-0.25, -0.2) is 0 Å². The number of nitrogens with one attached hydrogen (secondary N) is 3. The van der Waals surface area contributed by atoms with Gasteiger partial charge < -0.3 is 45.0 Å². The maximum absolute atomic E-state index is 15.2. The number of carbonyl (C=O) groups excluding carboxylic acids is 2. The summed E-state index contributed by atoms with van der Waals surface area (Å²) in [6, 6.07) is 12.6. The molecule has 4 aliphatic carbocycles. The average Bonchev–Trinajstić information content (AvgIpc) is 4.15. The number of allylic oxidation sites excluding steroid dienone is 2. The molecule has 0 saturated heterocycles. The van der Waals surface area contributed by atoms with Gasteiger partial charge in [0.2, 0.25) is 5.96 Å². The second kappa shape index (κ2) is 22.5. The van der Waals surface area contributed by atoms with Crippen LogP contribution in [0.4, 0.5) is 5.69 Å². The summed E-state index contributed by atoms with van der Waals surface area (Å²) in [6.07, 6.45) is 21.8. The van der Waals surface area contributed by atoms with E-state index in [0.717, 1.165) is 120 Å². The van der Waals surface area contributed by atoms with Crippen LogP contribution in [0, 0.1) is 41.1 Å². The molecule has 1 spiro atoms. The number of fused-ring (bicyclic) bond motifs is 4. The van der Waals surface area contributed by atoms with Gasteiger partial charge in [0.1, 0.15) is 11.9 Å². The van der Waals surface area contributed by atoms with Crippen LogP contribution in [0.5, 0.6) is 23.0 Å². The highest BCUT2D eigenvalue weighted by molar-refractivity contribution is 5.97. The lowest BCUT2D eigenvalue weighted by atomic mass is 9.65. The van der Waals surface area contributed by atoms with Gasteiger partial charge in [0.15, 0.2) is 35.1 Å². The van der Waals surface area contributed by atoms with Gasteiger partial charge in [0.05, 0.1) is 18.9 Å². The number of ether oxygens (including phenoxy) is 3. The zero-order chi connectivity index (χ0) is 46.7. The molecular weight excluding hydrogens is 833 g/mol. The second-order valence-electron chi connectivity index (χ2n) is 20.2. The summed E-state index contributed by atoms with van der Waals surface area (Å²) >= 11 is 0. The topological polar surface area (TPSA) is 171 Å². The number of aliphatic imine (C=N–C) groups is 1. The number of aromatic hydroxyl groups is 2. The van der Waals surface area contributed by atoms with Gasteiger partial charge in [-0.05, 0) is 149 Å². The third-order valence-corrected chi connectivity index (χ3v) is 16.2.